The van der Waals surface area contributed by atoms with Crippen LogP contribution in [0.3, 0.4) is 0 Å². The lowest BCUT2D eigenvalue weighted by atomic mass is 10.2. The zero-order valence-corrected chi connectivity index (χ0v) is 19.7. The van der Waals surface area contributed by atoms with Crippen molar-refractivity contribution in [1.82, 2.24) is 10.6 Å². The first-order valence-electron chi connectivity index (χ1n) is 8.70. The summed E-state index contributed by atoms with van der Waals surface area (Å²) in [6.07, 6.45) is -4.36. The van der Waals surface area contributed by atoms with Crippen LogP contribution < -0.4 is 15.4 Å². The standard InChI is InChI=1S/C18H28F3N3O2S.HI/c1-5-22-16(23-10-11-27(25)17(2,3)4)24-12-14-6-8-15(9-7-14)26-13-18(19,20)21;/h6-9H,5,10-13H2,1-4H3,(H2,22,23,24);1H. The van der Waals surface area contributed by atoms with E-state index in [0.717, 1.165) is 5.56 Å². The molecule has 0 aromatic heterocycles. The fourth-order valence-electron chi connectivity index (χ4n) is 1.94. The van der Waals surface area contributed by atoms with Gasteiger partial charge in [0.15, 0.2) is 12.6 Å². The van der Waals surface area contributed by atoms with E-state index < -0.39 is 23.6 Å². The van der Waals surface area contributed by atoms with Crippen LogP contribution in [0.15, 0.2) is 29.3 Å². The first-order valence-corrected chi connectivity index (χ1v) is 10.0. The van der Waals surface area contributed by atoms with Gasteiger partial charge < -0.3 is 15.4 Å². The number of nitrogens with zero attached hydrogens (tertiary/aromatic N) is 1. The van der Waals surface area contributed by atoms with E-state index in [1.165, 1.54) is 12.1 Å². The van der Waals surface area contributed by atoms with E-state index in [0.29, 0.717) is 31.3 Å². The molecule has 0 saturated carbocycles. The average Bonchev–Trinajstić information content (AvgIpc) is 2.57. The highest BCUT2D eigenvalue weighted by Crippen LogP contribution is 2.19. The second-order valence-electron chi connectivity index (χ2n) is 6.83. The van der Waals surface area contributed by atoms with Gasteiger partial charge >= 0.3 is 6.18 Å². The number of halogens is 4. The number of aliphatic imine (C=N–C) groups is 1. The van der Waals surface area contributed by atoms with Crippen molar-refractivity contribution >= 4 is 40.7 Å². The van der Waals surface area contributed by atoms with Crippen LogP contribution in [0.4, 0.5) is 13.2 Å². The van der Waals surface area contributed by atoms with E-state index in [1.54, 1.807) is 12.1 Å². The van der Waals surface area contributed by atoms with Gasteiger partial charge in [-0.25, -0.2) is 4.99 Å². The van der Waals surface area contributed by atoms with Crippen LogP contribution in [0.5, 0.6) is 5.75 Å². The predicted molar refractivity (Wildman–Crippen MR) is 119 cm³/mol. The second kappa shape index (κ2) is 12.5. The number of rotatable bonds is 8. The van der Waals surface area contributed by atoms with Crippen LogP contribution in [0.1, 0.15) is 33.3 Å². The molecule has 28 heavy (non-hydrogen) atoms. The molecule has 2 N–H and O–H groups in total. The smallest absolute Gasteiger partial charge is 0.422 e. The van der Waals surface area contributed by atoms with Gasteiger partial charge in [0.05, 0.1) is 6.54 Å². The summed E-state index contributed by atoms with van der Waals surface area (Å²) in [6.45, 7) is 8.00. The molecule has 0 radical (unpaired) electrons. The predicted octanol–water partition coefficient (Wildman–Crippen LogP) is 3.85. The lowest BCUT2D eigenvalue weighted by Crippen LogP contribution is -2.40. The molecule has 0 bridgehead atoms. The van der Waals surface area contributed by atoms with Gasteiger partial charge in [0, 0.05) is 34.4 Å². The van der Waals surface area contributed by atoms with Crippen molar-refractivity contribution in [3.8, 4) is 5.75 Å². The minimum Gasteiger partial charge on any atom is -0.484 e. The number of benzene rings is 1. The molecule has 1 unspecified atom stereocenters. The zero-order chi connectivity index (χ0) is 20.5. The summed E-state index contributed by atoms with van der Waals surface area (Å²) < 4.78 is 52.9. The third kappa shape index (κ3) is 11.7. The van der Waals surface area contributed by atoms with E-state index in [9.17, 15) is 17.4 Å². The first-order chi connectivity index (χ1) is 12.5. The van der Waals surface area contributed by atoms with Crippen molar-refractivity contribution in [1.29, 1.82) is 0 Å². The summed E-state index contributed by atoms with van der Waals surface area (Å²) in [7, 11) is -0.948. The molecule has 162 valence electrons. The van der Waals surface area contributed by atoms with Crippen molar-refractivity contribution in [2.75, 3.05) is 25.4 Å². The molecule has 0 aliphatic heterocycles. The number of hydrogen-bond acceptors (Lipinski definition) is 3. The highest BCUT2D eigenvalue weighted by Gasteiger charge is 2.28. The molecule has 0 spiro atoms. The summed E-state index contributed by atoms with van der Waals surface area (Å²) >= 11 is 0. The van der Waals surface area contributed by atoms with E-state index >= 15 is 0 Å². The van der Waals surface area contributed by atoms with Crippen LogP contribution in [0.25, 0.3) is 0 Å². The quantitative estimate of drug-likeness (QED) is 0.302. The van der Waals surface area contributed by atoms with Crippen LogP contribution in [0, 0.1) is 0 Å². The molecule has 1 atom stereocenters. The molecule has 1 rings (SSSR count). The fraction of sp³-hybridized carbons (Fsp3) is 0.611. The second-order valence-corrected chi connectivity index (χ2v) is 9.16. The Hall–Kier alpha value is -1.04. The molecule has 10 heteroatoms. The fourth-order valence-corrected chi connectivity index (χ4v) is 2.84. The molecule has 0 amide bonds. The van der Waals surface area contributed by atoms with E-state index in [2.05, 4.69) is 20.4 Å². The maximum Gasteiger partial charge on any atom is 0.422 e. The maximum absolute atomic E-state index is 12.1. The van der Waals surface area contributed by atoms with Crippen molar-refractivity contribution in [3.05, 3.63) is 29.8 Å². The van der Waals surface area contributed by atoms with Gasteiger partial charge in [0.1, 0.15) is 5.75 Å². The summed E-state index contributed by atoms with van der Waals surface area (Å²) in [5.41, 5.74) is 0.838. The van der Waals surface area contributed by atoms with Gasteiger partial charge in [0.25, 0.3) is 0 Å². The lowest BCUT2D eigenvalue weighted by molar-refractivity contribution is -0.153. The van der Waals surface area contributed by atoms with E-state index in [1.807, 2.05) is 27.7 Å². The molecule has 0 fully saturated rings. The molecule has 5 nitrogen and oxygen atoms in total. The molecule has 0 saturated heterocycles. The molecule has 0 heterocycles. The van der Waals surface area contributed by atoms with Crippen molar-refractivity contribution in [2.45, 2.75) is 45.2 Å². The number of nitrogens with one attached hydrogen (secondary N) is 2. The summed E-state index contributed by atoms with van der Waals surface area (Å²) in [4.78, 5) is 4.43. The largest absolute Gasteiger partial charge is 0.484 e. The minimum atomic E-state index is -4.36. The van der Waals surface area contributed by atoms with Crippen molar-refractivity contribution in [2.24, 2.45) is 4.99 Å². The van der Waals surface area contributed by atoms with Gasteiger partial charge in [-0.2, -0.15) is 13.2 Å². The van der Waals surface area contributed by atoms with E-state index in [4.69, 9.17) is 0 Å². The van der Waals surface area contributed by atoms with Gasteiger partial charge in [-0.3, -0.25) is 4.21 Å². The molecular weight excluding hydrogens is 506 g/mol. The van der Waals surface area contributed by atoms with Gasteiger partial charge in [-0.1, -0.05) is 12.1 Å². The van der Waals surface area contributed by atoms with Crippen LogP contribution in [-0.2, 0) is 17.3 Å². The van der Waals surface area contributed by atoms with Crippen molar-refractivity contribution < 1.29 is 22.1 Å². The Labute approximate surface area is 184 Å². The summed E-state index contributed by atoms with van der Waals surface area (Å²) in [6, 6.07) is 6.33. The first kappa shape index (κ1) is 27.0. The number of alkyl halides is 3. The van der Waals surface area contributed by atoms with Gasteiger partial charge in [-0.15, -0.1) is 24.0 Å². The van der Waals surface area contributed by atoms with Crippen molar-refractivity contribution in [3.63, 3.8) is 0 Å². The lowest BCUT2D eigenvalue weighted by Gasteiger charge is -2.18. The Morgan fingerprint density at radius 3 is 2.25 bits per heavy atom. The summed E-state index contributed by atoms with van der Waals surface area (Å²) in [5, 5.41) is 6.24. The monoisotopic (exact) mass is 535 g/mol. The van der Waals surface area contributed by atoms with Gasteiger partial charge in [-0.05, 0) is 45.4 Å². The Bertz CT molecular complexity index is 632. The molecule has 1 aromatic rings. The SMILES string of the molecule is CCNC(=NCc1ccc(OCC(F)(F)F)cc1)NCCS(=O)C(C)(C)C.I. The van der Waals surface area contributed by atoms with Gasteiger partial charge in [0.2, 0.25) is 0 Å². The Morgan fingerprint density at radius 2 is 1.75 bits per heavy atom. The molecule has 0 aliphatic rings. The summed E-state index contributed by atoms with van der Waals surface area (Å²) in [5.74, 6) is 1.27. The number of hydrogen-bond donors (Lipinski definition) is 2. The van der Waals surface area contributed by atoms with Crippen LogP contribution in [-0.4, -0.2) is 46.5 Å². The van der Waals surface area contributed by atoms with Crippen LogP contribution >= 0.6 is 24.0 Å². The zero-order valence-electron chi connectivity index (χ0n) is 16.6. The molecule has 1 aromatic carbocycles. The number of guanidine groups is 1. The third-order valence-corrected chi connectivity index (χ3v) is 5.29. The Balaban J connectivity index is 0.00000729. The van der Waals surface area contributed by atoms with Crippen LogP contribution in [0.2, 0.25) is 0 Å². The third-order valence-electron chi connectivity index (χ3n) is 3.35. The maximum atomic E-state index is 12.1. The highest BCUT2D eigenvalue weighted by atomic mass is 127. The Morgan fingerprint density at radius 1 is 1.14 bits per heavy atom. The number of ether oxygens (including phenoxy) is 1. The molecule has 0 aliphatic carbocycles. The highest BCUT2D eigenvalue weighted by molar-refractivity contribution is 14.0. The van der Waals surface area contributed by atoms with E-state index in [-0.39, 0.29) is 34.5 Å². The normalized spacial score (nSPS) is 13.5. The Kier molecular flexibility index (Phi) is 12.0. The molecular formula is C18H29F3IN3O2S. The average molecular weight is 535 g/mol. The topological polar surface area (TPSA) is 62.7 Å². The minimum absolute atomic E-state index is 0.